The Morgan fingerprint density at radius 3 is 1.70 bits per heavy atom. The molecule has 0 nitrogen and oxygen atoms in total. The van der Waals surface area contributed by atoms with E-state index in [1.54, 1.807) is 0 Å². The summed E-state index contributed by atoms with van der Waals surface area (Å²) < 4.78 is 0.00736. The first kappa shape index (κ1) is 9.53. The summed E-state index contributed by atoms with van der Waals surface area (Å²) in [5.41, 5.74) is 0. The SMILES string of the molecule is BrC(Br)(Br)C1CCCCC1. The average Bonchev–Trinajstić information content (AvgIpc) is 1.88. The van der Waals surface area contributed by atoms with Crippen molar-refractivity contribution in [2.75, 3.05) is 0 Å². The first-order chi connectivity index (χ1) is 4.61. The van der Waals surface area contributed by atoms with Gasteiger partial charge in [0, 0.05) is 0 Å². The van der Waals surface area contributed by atoms with Crippen LogP contribution < -0.4 is 0 Å². The fourth-order valence-electron chi connectivity index (χ4n) is 1.43. The molecule has 1 rings (SSSR count). The minimum absolute atomic E-state index is 0.00736. The van der Waals surface area contributed by atoms with Crippen LogP contribution in [0.15, 0.2) is 0 Å². The van der Waals surface area contributed by atoms with Crippen LogP contribution in [0.25, 0.3) is 0 Å². The van der Waals surface area contributed by atoms with Crippen molar-refractivity contribution in [2.45, 2.75) is 34.2 Å². The molecular formula is C7H11Br3. The van der Waals surface area contributed by atoms with E-state index >= 15 is 0 Å². The van der Waals surface area contributed by atoms with Gasteiger partial charge in [-0.05, 0) is 18.8 Å². The van der Waals surface area contributed by atoms with Crippen LogP contribution >= 0.6 is 47.8 Å². The van der Waals surface area contributed by atoms with E-state index < -0.39 is 0 Å². The van der Waals surface area contributed by atoms with Crippen molar-refractivity contribution in [1.82, 2.24) is 0 Å². The van der Waals surface area contributed by atoms with Crippen LogP contribution in [0.3, 0.4) is 0 Å². The van der Waals surface area contributed by atoms with Crippen LogP contribution in [0.1, 0.15) is 32.1 Å². The molecule has 0 aromatic rings. The lowest BCUT2D eigenvalue weighted by Gasteiger charge is -2.28. The molecule has 1 aliphatic carbocycles. The molecule has 0 aromatic carbocycles. The third kappa shape index (κ3) is 2.82. The standard InChI is InChI=1S/C7H11Br3/c8-7(9,10)6-4-2-1-3-5-6/h6H,1-5H2. The summed E-state index contributed by atoms with van der Waals surface area (Å²) in [5.74, 6) is 0.751. The lowest BCUT2D eigenvalue weighted by molar-refractivity contribution is 0.377. The van der Waals surface area contributed by atoms with Crippen molar-refractivity contribution in [2.24, 2.45) is 5.92 Å². The molecule has 0 spiro atoms. The zero-order valence-corrected chi connectivity index (χ0v) is 10.5. The molecule has 0 aromatic heterocycles. The molecule has 1 aliphatic rings. The molecule has 0 aliphatic heterocycles. The molecule has 3 heteroatoms. The van der Waals surface area contributed by atoms with Crippen molar-refractivity contribution in [3.05, 3.63) is 0 Å². The molecule has 0 N–H and O–H groups in total. The summed E-state index contributed by atoms with van der Waals surface area (Å²) >= 11 is 10.7. The van der Waals surface area contributed by atoms with Gasteiger partial charge in [0.1, 0.15) is 2.14 Å². The Hall–Kier alpha value is 1.44. The topological polar surface area (TPSA) is 0 Å². The highest BCUT2D eigenvalue weighted by molar-refractivity contribution is 9.39. The average molecular weight is 335 g/mol. The van der Waals surface area contributed by atoms with Crippen molar-refractivity contribution < 1.29 is 0 Å². The fraction of sp³-hybridized carbons (Fsp3) is 1.00. The van der Waals surface area contributed by atoms with E-state index in [0.29, 0.717) is 0 Å². The Morgan fingerprint density at radius 1 is 0.900 bits per heavy atom. The van der Waals surface area contributed by atoms with Gasteiger partial charge in [0.05, 0.1) is 0 Å². The largest absolute Gasteiger partial charge is 0.137 e. The molecule has 0 heterocycles. The number of hydrogen-bond donors (Lipinski definition) is 0. The Balaban J connectivity index is 2.39. The van der Waals surface area contributed by atoms with E-state index in [1.165, 1.54) is 32.1 Å². The summed E-state index contributed by atoms with van der Waals surface area (Å²) in [7, 11) is 0. The minimum Gasteiger partial charge on any atom is -0.0596 e. The predicted molar refractivity (Wildman–Crippen MR) is 56.1 cm³/mol. The van der Waals surface area contributed by atoms with Gasteiger partial charge in [0.2, 0.25) is 0 Å². The van der Waals surface area contributed by atoms with Gasteiger partial charge in [-0.15, -0.1) is 0 Å². The van der Waals surface area contributed by atoms with Crippen molar-refractivity contribution >= 4 is 47.8 Å². The number of alkyl halides is 3. The van der Waals surface area contributed by atoms with Crippen LogP contribution in [0.4, 0.5) is 0 Å². The molecule has 1 saturated carbocycles. The second-order valence-electron chi connectivity index (χ2n) is 2.88. The zero-order chi connectivity index (χ0) is 7.61. The maximum absolute atomic E-state index is 3.57. The van der Waals surface area contributed by atoms with E-state index in [-0.39, 0.29) is 2.14 Å². The normalized spacial score (nSPS) is 23.1. The molecule has 0 bridgehead atoms. The maximum Gasteiger partial charge on any atom is 0.137 e. The van der Waals surface area contributed by atoms with Gasteiger partial charge in [-0.25, -0.2) is 0 Å². The van der Waals surface area contributed by atoms with Gasteiger partial charge >= 0.3 is 0 Å². The van der Waals surface area contributed by atoms with Crippen molar-refractivity contribution in [1.29, 1.82) is 0 Å². The van der Waals surface area contributed by atoms with E-state index in [0.717, 1.165) is 5.92 Å². The molecule has 0 atom stereocenters. The summed E-state index contributed by atoms with van der Waals surface area (Å²) in [6.45, 7) is 0. The van der Waals surface area contributed by atoms with E-state index in [9.17, 15) is 0 Å². The van der Waals surface area contributed by atoms with Gasteiger partial charge in [-0.3, -0.25) is 0 Å². The minimum atomic E-state index is 0.00736. The molecule has 0 saturated heterocycles. The number of hydrogen-bond acceptors (Lipinski definition) is 0. The number of halogens is 3. The quantitative estimate of drug-likeness (QED) is 0.576. The third-order valence-electron chi connectivity index (χ3n) is 2.07. The Labute approximate surface area is 87.5 Å². The zero-order valence-electron chi connectivity index (χ0n) is 5.75. The second-order valence-corrected chi connectivity index (χ2v) is 9.82. The van der Waals surface area contributed by atoms with E-state index in [4.69, 9.17) is 0 Å². The third-order valence-corrected chi connectivity index (χ3v) is 4.01. The lowest BCUT2D eigenvalue weighted by atomic mass is 9.91. The molecule has 60 valence electrons. The van der Waals surface area contributed by atoms with Gasteiger partial charge < -0.3 is 0 Å². The van der Waals surface area contributed by atoms with Crippen LogP contribution in [0.2, 0.25) is 0 Å². The van der Waals surface area contributed by atoms with Gasteiger partial charge in [0.15, 0.2) is 0 Å². The summed E-state index contributed by atoms with van der Waals surface area (Å²) in [6, 6.07) is 0. The summed E-state index contributed by atoms with van der Waals surface area (Å²) in [5, 5.41) is 0. The first-order valence-corrected chi connectivity index (χ1v) is 6.05. The van der Waals surface area contributed by atoms with E-state index in [1.807, 2.05) is 0 Å². The molecule has 1 fully saturated rings. The number of rotatable bonds is 0. The van der Waals surface area contributed by atoms with Crippen LogP contribution in [-0.4, -0.2) is 2.14 Å². The van der Waals surface area contributed by atoms with Gasteiger partial charge in [0.25, 0.3) is 0 Å². The molecule has 0 radical (unpaired) electrons. The van der Waals surface area contributed by atoms with Crippen molar-refractivity contribution in [3.8, 4) is 0 Å². The lowest BCUT2D eigenvalue weighted by Crippen LogP contribution is -2.19. The fourth-order valence-corrected chi connectivity index (χ4v) is 2.80. The monoisotopic (exact) mass is 332 g/mol. The molecule has 0 amide bonds. The Bertz CT molecular complexity index is 99.9. The smallest absolute Gasteiger partial charge is 0.0596 e. The first-order valence-electron chi connectivity index (χ1n) is 3.67. The Kier molecular flexibility index (Phi) is 3.72. The van der Waals surface area contributed by atoms with Crippen LogP contribution in [0.5, 0.6) is 0 Å². The van der Waals surface area contributed by atoms with Crippen LogP contribution in [-0.2, 0) is 0 Å². The van der Waals surface area contributed by atoms with Crippen LogP contribution in [0, 0.1) is 5.92 Å². The highest BCUT2D eigenvalue weighted by Gasteiger charge is 2.31. The van der Waals surface area contributed by atoms with Crippen molar-refractivity contribution in [3.63, 3.8) is 0 Å². The molecular weight excluding hydrogens is 324 g/mol. The summed E-state index contributed by atoms with van der Waals surface area (Å²) in [6.07, 6.45) is 6.85. The predicted octanol–water partition coefficient (Wildman–Crippen LogP) is 4.41. The second kappa shape index (κ2) is 3.90. The Morgan fingerprint density at radius 2 is 1.40 bits per heavy atom. The molecule has 0 unspecified atom stereocenters. The van der Waals surface area contributed by atoms with Gasteiger partial charge in [-0.1, -0.05) is 67.1 Å². The highest BCUT2D eigenvalue weighted by Crippen LogP contribution is 2.47. The maximum atomic E-state index is 3.57. The molecule has 10 heavy (non-hydrogen) atoms. The van der Waals surface area contributed by atoms with Gasteiger partial charge in [-0.2, -0.15) is 0 Å². The van der Waals surface area contributed by atoms with E-state index in [2.05, 4.69) is 47.8 Å². The highest BCUT2D eigenvalue weighted by atomic mass is 80.0. The summed E-state index contributed by atoms with van der Waals surface area (Å²) in [4.78, 5) is 0.